The fourth-order valence-electron chi connectivity index (χ4n) is 5.96. The van der Waals surface area contributed by atoms with E-state index in [9.17, 15) is 4.79 Å². The Morgan fingerprint density at radius 1 is 1.00 bits per heavy atom. The highest BCUT2D eigenvalue weighted by Gasteiger charge is 2.39. The van der Waals surface area contributed by atoms with Crippen molar-refractivity contribution in [2.24, 2.45) is 0 Å². The van der Waals surface area contributed by atoms with Crippen LogP contribution < -0.4 is 26.6 Å². The van der Waals surface area contributed by atoms with Gasteiger partial charge in [-0.15, -0.1) is 0 Å². The molecule has 0 aromatic rings. The van der Waals surface area contributed by atoms with Gasteiger partial charge in [-0.05, 0) is 60.9 Å². The van der Waals surface area contributed by atoms with Gasteiger partial charge < -0.3 is 30.9 Å². The van der Waals surface area contributed by atoms with Crippen molar-refractivity contribution in [2.75, 3.05) is 93.7 Å². The Kier molecular flexibility index (Phi) is 12.1. The zero-order valence-electron chi connectivity index (χ0n) is 22.8. The third-order valence-electron chi connectivity index (χ3n) is 7.99. The summed E-state index contributed by atoms with van der Waals surface area (Å²) in [6, 6.07) is 1.73. The SMILES string of the molecule is CNCCN1CC(C(=O)OCC[C@H]2CN(CCNC)C[C@@H](C)N2)NC(C2CC(NC)CCN2C)C1. The van der Waals surface area contributed by atoms with E-state index >= 15 is 0 Å². The molecule has 0 radical (unpaired) electrons. The number of piperidine rings is 1. The summed E-state index contributed by atoms with van der Waals surface area (Å²) in [6.45, 7) is 11.4. The van der Waals surface area contributed by atoms with Crippen molar-refractivity contribution in [1.29, 1.82) is 0 Å². The minimum Gasteiger partial charge on any atom is -0.464 e. The second-order valence-electron chi connectivity index (χ2n) is 10.8. The number of hydrogen-bond donors (Lipinski definition) is 5. The van der Waals surface area contributed by atoms with Crippen molar-refractivity contribution in [3.63, 3.8) is 0 Å². The van der Waals surface area contributed by atoms with Gasteiger partial charge in [-0.3, -0.25) is 19.9 Å². The maximum absolute atomic E-state index is 13.2. The summed E-state index contributed by atoms with van der Waals surface area (Å²) in [6.07, 6.45) is 3.12. The zero-order chi connectivity index (χ0) is 25.2. The van der Waals surface area contributed by atoms with Crippen molar-refractivity contribution in [3.05, 3.63) is 0 Å². The Hall–Kier alpha value is -0.850. The molecule has 3 aliphatic rings. The molecule has 6 atom stereocenters. The molecule has 204 valence electrons. The predicted octanol–water partition coefficient (Wildman–Crippen LogP) is -1.65. The van der Waals surface area contributed by atoms with E-state index in [1.165, 1.54) is 6.42 Å². The van der Waals surface area contributed by atoms with Crippen molar-refractivity contribution in [3.8, 4) is 0 Å². The molecule has 0 bridgehead atoms. The Morgan fingerprint density at radius 3 is 2.40 bits per heavy atom. The van der Waals surface area contributed by atoms with Crippen molar-refractivity contribution in [2.45, 2.75) is 62.4 Å². The Bertz CT molecular complexity index is 626. The quantitative estimate of drug-likeness (QED) is 0.202. The van der Waals surface area contributed by atoms with E-state index < -0.39 is 0 Å². The first-order valence-corrected chi connectivity index (χ1v) is 13.7. The first kappa shape index (κ1) is 28.7. The van der Waals surface area contributed by atoms with Gasteiger partial charge >= 0.3 is 5.97 Å². The molecule has 3 saturated heterocycles. The predicted molar refractivity (Wildman–Crippen MR) is 142 cm³/mol. The summed E-state index contributed by atoms with van der Waals surface area (Å²) in [5.41, 5.74) is 0. The summed E-state index contributed by atoms with van der Waals surface area (Å²) in [4.78, 5) is 20.5. The molecule has 3 fully saturated rings. The normalized spacial score (nSPS) is 33.6. The molecule has 3 rings (SSSR count). The monoisotopic (exact) mass is 496 g/mol. The van der Waals surface area contributed by atoms with E-state index in [2.05, 4.69) is 62.3 Å². The van der Waals surface area contributed by atoms with Gasteiger partial charge in [0.2, 0.25) is 0 Å². The van der Waals surface area contributed by atoms with Gasteiger partial charge in [0.15, 0.2) is 0 Å². The van der Waals surface area contributed by atoms with Crippen LogP contribution in [0.4, 0.5) is 0 Å². The third kappa shape index (κ3) is 8.89. The Balaban J connectivity index is 1.52. The second-order valence-corrected chi connectivity index (χ2v) is 10.8. The Labute approximate surface area is 213 Å². The standard InChI is InChI=1S/C25H52N8O2/c1-19-15-32(11-8-26-2)16-21(29-19)7-13-35-25(34)23-18-33(12-9-27-3)17-22(30-23)24-14-20(28-4)6-10-31(24)5/h19-24,26-30H,6-18H2,1-5H3/t19-,20?,21+,22?,23?,24?/m1/s1. The summed E-state index contributed by atoms with van der Waals surface area (Å²) in [5.74, 6) is -0.108. The molecule has 10 heteroatoms. The summed E-state index contributed by atoms with van der Waals surface area (Å²) >= 11 is 0. The number of nitrogens with zero attached hydrogens (tertiary/aromatic N) is 3. The van der Waals surface area contributed by atoms with E-state index in [-0.39, 0.29) is 18.1 Å². The fourth-order valence-corrected chi connectivity index (χ4v) is 5.96. The fraction of sp³-hybridized carbons (Fsp3) is 0.960. The number of piperazine rings is 2. The van der Waals surface area contributed by atoms with Crippen LogP contribution in [-0.4, -0.2) is 151 Å². The van der Waals surface area contributed by atoms with E-state index in [4.69, 9.17) is 4.74 Å². The lowest BCUT2D eigenvalue weighted by atomic mass is 9.90. The highest BCUT2D eigenvalue weighted by Crippen LogP contribution is 2.22. The van der Waals surface area contributed by atoms with E-state index in [0.29, 0.717) is 37.3 Å². The van der Waals surface area contributed by atoms with Gasteiger partial charge in [0.05, 0.1) is 6.61 Å². The average molecular weight is 497 g/mol. The molecule has 3 aliphatic heterocycles. The minimum absolute atomic E-state index is 0.108. The highest BCUT2D eigenvalue weighted by atomic mass is 16.5. The first-order chi connectivity index (χ1) is 16.9. The van der Waals surface area contributed by atoms with Gasteiger partial charge in [-0.2, -0.15) is 0 Å². The van der Waals surface area contributed by atoms with Crippen LogP contribution in [0.1, 0.15) is 26.2 Å². The maximum atomic E-state index is 13.2. The van der Waals surface area contributed by atoms with Crippen LogP contribution in [-0.2, 0) is 9.53 Å². The van der Waals surface area contributed by atoms with Gasteiger partial charge in [-0.25, -0.2) is 0 Å². The van der Waals surface area contributed by atoms with E-state index in [0.717, 1.165) is 65.2 Å². The molecule has 0 aliphatic carbocycles. The van der Waals surface area contributed by atoms with Crippen molar-refractivity contribution >= 4 is 5.97 Å². The number of likely N-dealkylation sites (N-methyl/N-ethyl adjacent to an activating group) is 3. The summed E-state index contributed by atoms with van der Waals surface area (Å²) < 4.78 is 5.85. The minimum atomic E-state index is -0.278. The third-order valence-corrected chi connectivity index (χ3v) is 7.99. The van der Waals surface area contributed by atoms with Gasteiger partial charge in [0.1, 0.15) is 6.04 Å². The van der Waals surface area contributed by atoms with Gasteiger partial charge in [-0.1, -0.05) is 0 Å². The zero-order valence-corrected chi connectivity index (χ0v) is 22.8. The second kappa shape index (κ2) is 14.8. The summed E-state index contributed by atoms with van der Waals surface area (Å²) in [5, 5.41) is 17.3. The smallest absolute Gasteiger partial charge is 0.324 e. The molecular weight excluding hydrogens is 444 g/mol. The first-order valence-electron chi connectivity index (χ1n) is 13.7. The van der Waals surface area contributed by atoms with Crippen LogP contribution in [0.5, 0.6) is 0 Å². The molecule has 0 aromatic heterocycles. The molecular formula is C25H52N8O2. The number of hydrogen-bond acceptors (Lipinski definition) is 10. The number of rotatable bonds is 12. The molecule has 3 heterocycles. The number of likely N-dealkylation sites (tertiary alicyclic amines) is 1. The average Bonchev–Trinajstić information content (AvgIpc) is 2.86. The molecule has 0 aromatic carbocycles. The lowest BCUT2D eigenvalue weighted by Crippen LogP contribution is -2.67. The highest BCUT2D eigenvalue weighted by molar-refractivity contribution is 5.76. The maximum Gasteiger partial charge on any atom is 0.324 e. The molecule has 0 amide bonds. The lowest BCUT2D eigenvalue weighted by molar-refractivity contribution is -0.148. The van der Waals surface area contributed by atoms with Crippen molar-refractivity contribution in [1.82, 2.24) is 41.3 Å². The van der Waals surface area contributed by atoms with Crippen LogP contribution in [0, 0.1) is 0 Å². The number of carbonyl (C=O) groups is 1. The summed E-state index contributed by atoms with van der Waals surface area (Å²) in [7, 11) is 8.26. The van der Waals surface area contributed by atoms with Gasteiger partial charge in [0.25, 0.3) is 0 Å². The number of esters is 1. The molecule has 35 heavy (non-hydrogen) atoms. The van der Waals surface area contributed by atoms with Crippen molar-refractivity contribution < 1.29 is 9.53 Å². The van der Waals surface area contributed by atoms with Crippen LogP contribution in [0.2, 0.25) is 0 Å². The largest absolute Gasteiger partial charge is 0.464 e. The van der Waals surface area contributed by atoms with Crippen LogP contribution in [0.3, 0.4) is 0 Å². The van der Waals surface area contributed by atoms with Crippen LogP contribution >= 0.6 is 0 Å². The molecule has 4 unspecified atom stereocenters. The Morgan fingerprint density at radius 2 is 1.71 bits per heavy atom. The molecule has 10 nitrogen and oxygen atoms in total. The van der Waals surface area contributed by atoms with Crippen LogP contribution in [0.15, 0.2) is 0 Å². The number of ether oxygens (including phenoxy) is 1. The topological polar surface area (TPSA) is 96.2 Å². The van der Waals surface area contributed by atoms with E-state index in [1.54, 1.807) is 0 Å². The van der Waals surface area contributed by atoms with E-state index in [1.807, 2.05) is 14.1 Å². The number of nitrogens with one attached hydrogen (secondary N) is 5. The molecule has 0 saturated carbocycles. The van der Waals surface area contributed by atoms with Crippen LogP contribution in [0.25, 0.3) is 0 Å². The molecule has 5 N–H and O–H groups in total. The van der Waals surface area contributed by atoms with Gasteiger partial charge in [0, 0.05) is 82.6 Å². The lowest BCUT2D eigenvalue weighted by Gasteiger charge is -2.47. The molecule has 0 spiro atoms. The number of carbonyl (C=O) groups excluding carboxylic acids is 1.